The molecule has 1 aliphatic carbocycles. The molecule has 0 radical (unpaired) electrons. The summed E-state index contributed by atoms with van der Waals surface area (Å²) in [4.78, 5) is 34.7. The Morgan fingerprint density at radius 1 is 1.53 bits per heavy atom. The minimum Gasteiger partial charge on any atom is -0.468 e. The molecule has 0 aromatic heterocycles. The number of hydrogen-bond donors (Lipinski definition) is 0. The lowest BCUT2D eigenvalue weighted by atomic mass is 9.70. The Bertz CT molecular complexity index is 379. The van der Waals surface area contributed by atoms with Crippen LogP contribution in [0, 0.1) is 27.4 Å². The summed E-state index contributed by atoms with van der Waals surface area (Å²) in [6.07, 6.45) is 1.74. The molecule has 0 amide bonds. The minimum atomic E-state index is -1.30. The highest BCUT2D eigenvalue weighted by Gasteiger charge is 2.56. The molecule has 0 aliphatic heterocycles. The Morgan fingerprint density at radius 3 is 2.53 bits per heavy atom. The highest BCUT2D eigenvalue weighted by Crippen LogP contribution is 2.45. The molecule has 19 heavy (non-hydrogen) atoms. The molecule has 0 N–H and O–H groups in total. The SMILES string of the molecule is COC(=O)[C@]1([C@@H](CC(C)C)C[N+](=O)[O-])CCCC1=O. The van der Waals surface area contributed by atoms with Crippen molar-refractivity contribution in [2.45, 2.75) is 39.5 Å². The molecule has 6 heteroatoms. The smallest absolute Gasteiger partial charge is 0.319 e. The number of ether oxygens (including phenoxy) is 1. The van der Waals surface area contributed by atoms with Crippen molar-refractivity contribution in [2.24, 2.45) is 17.3 Å². The lowest BCUT2D eigenvalue weighted by Gasteiger charge is -2.32. The lowest BCUT2D eigenvalue weighted by Crippen LogP contribution is -2.46. The molecule has 0 aromatic rings. The Kier molecular flexibility index (Phi) is 5.03. The molecule has 0 spiro atoms. The summed E-state index contributed by atoms with van der Waals surface area (Å²) < 4.78 is 4.77. The molecule has 6 nitrogen and oxygen atoms in total. The quantitative estimate of drug-likeness (QED) is 0.318. The Labute approximate surface area is 112 Å². The van der Waals surface area contributed by atoms with Gasteiger partial charge in [0.05, 0.1) is 7.11 Å². The molecule has 1 aliphatic rings. The number of carbonyl (C=O) groups excluding carboxylic acids is 2. The van der Waals surface area contributed by atoms with Crippen LogP contribution in [0.5, 0.6) is 0 Å². The zero-order chi connectivity index (χ0) is 14.6. The van der Waals surface area contributed by atoms with Crippen molar-refractivity contribution >= 4 is 11.8 Å². The number of Topliss-reactive ketones (excluding diaryl/α,β-unsaturated/α-hetero) is 1. The number of hydrogen-bond acceptors (Lipinski definition) is 5. The van der Waals surface area contributed by atoms with Crippen molar-refractivity contribution in [3.63, 3.8) is 0 Å². The van der Waals surface area contributed by atoms with Crippen molar-refractivity contribution in [1.29, 1.82) is 0 Å². The van der Waals surface area contributed by atoms with Crippen LogP contribution in [0.15, 0.2) is 0 Å². The Morgan fingerprint density at radius 2 is 2.16 bits per heavy atom. The highest BCUT2D eigenvalue weighted by atomic mass is 16.6. The molecule has 2 atom stereocenters. The van der Waals surface area contributed by atoms with Gasteiger partial charge in [0.15, 0.2) is 5.78 Å². The lowest BCUT2D eigenvalue weighted by molar-refractivity contribution is -0.491. The average Bonchev–Trinajstić information content (AvgIpc) is 2.69. The summed E-state index contributed by atoms with van der Waals surface area (Å²) in [5, 5.41) is 10.8. The van der Waals surface area contributed by atoms with Gasteiger partial charge in [0.2, 0.25) is 6.54 Å². The van der Waals surface area contributed by atoms with Gasteiger partial charge in [-0.05, 0) is 25.2 Å². The van der Waals surface area contributed by atoms with Gasteiger partial charge in [0.25, 0.3) is 0 Å². The van der Waals surface area contributed by atoms with E-state index in [1.807, 2.05) is 13.8 Å². The topological polar surface area (TPSA) is 86.5 Å². The second kappa shape index (κ2) is 6.12. The van der Waals surface area contributed by atoms with E-state index >= 15 is 0 Å². The summed E-state index contributed by atoms with van der Waals surface area (Å²) in [7, 11) is 1.23. The fraction of sp³-hybridized carbons (Fsp3) is 0.846. The fourth-order valence-corrected chi connectivity index (χ4v) is 3.07. The van der Waals surface area contributed by atoms with Crippen LogP contribution in [0.1, 0.15) is 39.5 Å². The summed E-state index contributed by atoms with van der Waals surface area (Å²) in [5.41, 5.74) is -1.30. The first kappa shape index (κ1) is 15.6. The van der Waals surface area contributed by atoms with Crippen LogP contribution in [-0.4, -0.2) is 30.3 Å². The van der Waals surface area contributed by atoms with Gasteiger partial charge < -0.3 is 4.74 Å². The van der Waals surface area contributed by atoms with E-state index in [1.54, 1.807) is 0 Å². The third-order valence-electron chi connectivity index (χ3n) is 3.84. The molecule has 1 saturated carbocycles. The Balaban J connectivity index is 3.13. The zero-order valence-electron chi connectivity index (χ0n) is 11.7. The first-order chi connectivity index (χ1) is 8.84. The number of carbonyl (C=O) groups is 2. The van der Waals surface area contributed by atoms with Gasteiger partial charge in [-0.2, -0.15) is 0 Å². The van der Waals surface area contributed by atoms with Crippen LogP contribution in [0.4, 0.5) is 0 Å². The van der Waals surface area contributed by atoms with E-state index in [1.165, 1.54) is 7.11 Å². The van der Waals surface area contributed by atoms with Gasteiger partial charge >= 0.3 is 5.97 Å². The standard InChI is InChI=1S/C13H21NO5/c1-9(2)7-10(8-14(17)18)13(12(16)19-3)6-4-5-11(13)15/h9-10H,4-8H2,1-3H3/t10-,13-/m0/s1. The van der Waals surface area contributed by atoms with Crippen LogP contribution >= 0.6 is 0 Å². The van der Waals surface area contributed by atoms with Crippen LogP contribution in [-0.2, 0) is 14.3 Å². The maximum Gasteiger partial charge on any atom is 0.319 e. The van der Waals surface area contributed by atoms with Crippen LogP contribution in [0.25, 0.3) is 0 Å². The first-order valence-corrected chi connectivity index (χ1v) is 6.58. The van der Waals surface area contributed by atoms with Crippen LogP contribution < -0.4 is 0 Å². The molecular formula is C13H21NO5. The molecule has 108 valence electrons. The third kappa shape index (κ3) is 3.11. The number of ketones is 1. The van der Waals surface area contributed by atoms with E-state index in [4.69, 9.17) is 4.74 Å². The number of nitrogens with zero attached hydrogens (tertiary/aromatic N) is 1. The number of rotatable bonds is 6. The largest absolute Gasteiger partial charge is 0.468 e. The Hall–Kier alpha value is -1.46. The summed E-state index contributed by atoms with van der Waals surface area (Å²) in [6, 6.07) is 0. The molecular weight excluding hydrogens is 250 g/mol. The van der Waals surface area contributed by atoms with Gasteiger partial charge in [-0.1, -0.05) is 13.8 Å². The molecule has 0 saturated heterocycles. The van der Waals surface area contributed by atoms with E-state index in [2.05, 4.69) is 0 Å². The highest BCUT2D eigenvalue weighted by molar-refractivity contribution is 6.05. The number of esters is 1. The zero-order valence-corrected chi connectivity index (χ0v) is 11.7. The van der Waals surface area contributed by atoms with Gasteiger partial charge in [0, 0.05) is 17.3 Å². The molecule has 0 aromatic carbocycles. The molecule has 0 unspecified atom stereocenters. The van der Waals surface area contributed by atoms with Gasteiger partial charge in [-0.3, -0.25) is 19.7 Å². The van der Waals surface area contributed by atoms with Gasteiger partial charge in [-0.15, -0.1) is 0 Å². The maximum absolute atomic E-state index is 12.2. The fourth-order valence-electron chi connectivity index (χ4n) is 3.07. The van der Waals surface area contributed by atoms with Gasteiger partial charge in [-0.25, -0.2) is 0 Å². The van der Waals surface area contributed by atoms with Gasteiger partial charge in [0.1, 0.15) is 5.41 Å². The van der Waals surface area contributed by atoms with Crippen LogP contribution in [0.2, 0.25) is 0 Å². The predicted molar refractivity (Wildman–Crippen MR) is 68.1 cm³/mol. The first-order valence-electron chi connectivity index (χ1n) is 6.58. The second-order valence-corrected chi connectivity index (χ2v) is 5.58. The van der Waals surface area contributed by atoms with Crippen molar-refractivity contribution < 1.29 is 19.2 Å². The predicted octanol–water partition coefficient (Wildman–Crippen LogP) is 1.84. The van der Waals surface area contributed by atoms with E-state index in [0.29, 0.717) is 25.7 Å². The third-order valence-corrected chi connectivity index (χ3v) is 3.84. The molecule has 1 fully saturated rings. The van der Waals surface area contributed by atoms with E-state index in [0.717, 1.165) is 0 Å². The number of methoxy groups -OCH3 is 1. The molecule has 0 bridgehead atoms. The summed E-state index contributed by atoms with van der Waals surface area (Å²) >= 11 is 0. The molecule has 1 rings (SSSR count). The maximum atomic E-state index is 12.2. The second-order valence-electron chi connectivity index (χ2n) is 5.58. The minimum absolute atomic E-state index is 0.180. The summed E-state index contributed by atoms with van der Waals surface area (Å²) in [6.45, 7) is 3.49. The summed E-state index contributed by atoms with van der Waals surface area (Å²) in [5.74, 6) is -1.21. The van der Waals surface area contributed by atoms with E-state index in [-0.39, 0.29) is 18.2 Å². The monoisotopic (exact) mass is 271 g/mol. The van der Waals surface area contributed by atoms with Crippen molar-refractivity contribution in [3.8, 4) is 0 Å². The van der Waals surface area contributed by atoms with E-state index in [9.17, 15) is 19.7 Å². The number of nitro groups is 1. The van der Waals surface area contributed by atoms with Crippen molar-refractivity contribution in [2.75, 3.05) is 13.7 Å². The van der Waals surface area contributed by atoms with Crippen molar-refractivity contribution in [1.82, 2.24) is 0 Å². The normalized spacial score (nSPS) is 24.5. The van der Waals surface area contributed by atoms with Crippen LogP contribution in [0.3, 0.4) is 0 Å². The molecule has 0 heterocycles. The van der Waals surface area contributed by atoms with E-state index < -0.39 is 22.2 Å². The van der Waals surface area contributed by atoms with Crippen molar-refractivity contribution in [3.05, 3.63) is 10.1 Å². The average molecular weight is 271 g/mol.